The van der Waals surface area contributed by atoms with Gasteiger partial charge in [-0.1, -0.05) is 24.3 Å². The molecule has 0 N–H and O–H groups in total. The van der Waals surface area contributed by atoms with Gasteiger partial charge in [0.25, 0.3) is 0 Å². The number of fused-ring (bicyclic) bond motifs is 2. The first-order chi connectivity index (χ1) is 10.9. The van der Waals surface area contributed by atoms with E-state index in [1.54, 1.807) is 6.33 Å². The maximum atomic E-state index is 4.61. The van der Waals surface area contributed by atoms with Crippen molar-refractivity contribution >= 4 is 17.0 Å². The Kier molecular flexibility index (Phi) is 2.50. The van der Waals surface area contributed by atoms with Gasteiger partial charge in [-0.15, -0.1) is 0 Å². The van der Waals surface area contributed by atoms with Crippen LogP contribution in [0.3, 0.4) is 0 Å². The lowest BCUT2D eigenvalue weighted by molar-refractivity contribution is 0.721. The van der Waals surface area contributed by atoms with E-state index in [1.165, 1.54) is 24.0 Å². The Labute approximate surface area is 128 Å². The minimum atomic E-state index is 0.592. The van der Waals surface area contributed by atoms with Crippen LogP contribution < -0.4 is 4.90 Å². The Morgan fingerprint density at radius 1 is 1.00 bits per heavy atom. The molecule has 3 aromatic rings. The number of hydrogen-bond acceptors (Lipinski definition) is 4. The van der Waals surface area contributed by atoms with Gasteiger partial charge in [0, 0.05) is 19.1 Å². The molecule has 0 radical (unpaired) electrons. The summed E-state index contributed by atoms with van der Waals surface area (Å²) in [7, 11) is 0. The number of hydrogen-bond donors (Lipinski definition) is 0. The molecule has 1 aromatic carbocycles. The molecular weight excluding hydrogens is 274 g/mol. The van der Waals surface area contributed by atoms with Crippen LogP contribution in [0.25, 0.3) is 11.2 Å². The second-order valence-corrected chi connectivity index (χ2v) is 6.19. The zero-order chi connectivity index (χ0) is 14.5. The predicted molar refractivity (Wildman–Crippen MR) is 84.8 cm³/mol. The third kappa shape index (κ3) is 1.81. The summed E-state index contributed by atoms with van der Waals surface area (Å²) in [5, 5.41) is 0. The molecule has 0 amide bonds. The summed E-state index contributed by atoms with van der Waals surface area (Å²) in [6.07, 6.45) is 7.14. The van der Waals surface area contributed by atoms with Gasteiger partial charge in [0.2, 0.25) is 0 Å². The van der Waals surface area contributed by atoms with E-state index in [4.69, 9.17) is 0 Å². The SMILES string of the molecule is c1ccc2c(c1)CCN(c1ncnc3c1ncn3C1CC1)C2. The van der Waals surface area contributed by atoms with Crippen molar-refractivity contribution < 1.29 is 0 Å². The second-order valence-electron chi connectivity index (χ2n) is 6.19. The molecule has 0 atom stereocenters. The Morgan fingerprint density at radius 2 is 1.86 bits per heavy atom. The van der Waals surface area contributed by atoms with Crippen LogP contribution in [0.5, 0.6) is 0 Å². The highest BCUT2D eigenvalue weighted by molar-refractivity contribution is 5.83. The van der Waals surface area contributed by atoms with E-state index in [9.17, 15) is 0 Å². The number of anilines is 1. The summed E-state index contributed by atoms with van der Waals surface area (Å²) in [5.74, 6) is 0.971. The van der Waals surface area contributed by atoms with Gasteiger partial charge in [-0.05, 0) is 30.4 Å². The molecule has 2 aliphatic rings. The third-order valence-electron chi connectivity index (χ3n) is 4.71. The highest BCUT2D eigenvalue weighted by atomic mass is 15.2. The monoisotopic (exact) mass is 291 g/mol. The summed E-state index contributed by atoms with van der Waals surface area (Å²) >= 11 is 0. The number of aromatic nitrogens is 4. The van der Waals surface area contributed by atoms with Gasteiger partial charge in [0.1, 0.15) is 6.33 Å². The molecule has 110 valence electrons. The van der Waals surface area contributed by atoms with Gasteiger partial charge in [-0.3, -0.25) is 0 Å². The quantitative estimate of drug-likeness (QED) is 0.728. The molecule has 5 nitrogen and oxygen atoms in total. The third-order valence-corrected chi connectivity index (χ3v) is 4.71. The van der Waals surface area contributed by atoms with Gasteiger partial charge < -0.3 is 9.47 Å². The molecule has 1 aliphatic heterocycles. The summed E-state index contributed by atoms with van der Waals surface area (Å²) in [6, 6.07) is 9.26. The Bertz CT molecular complexity index is 849. The summed E-state index contributed by atoms with van der Waals surface area (Å²) in [5.41, 5.74) is 4.76. The number of nitrogens with zero attached hydrogens (tertiary/aromatic N) is 5. The van der Waals surface area contributed by atoms with Crippen LogP contribution in [0.4, 0.5) is 5.82 Å². The van der Waals surface area contributed by atoms with Crippen LogP contribution in [-0.2, 0) is 13.0 Å². The van der Waals surface area contributed by atoms with Crippen LogP contribution in [0.1, 0.15) is 30.0 Å². The molecule has 0 saturated heterocycles. The number of rotatable bonds is 2. The first kappa shape index (κ1) is 12.1. The molecule has 1 saturated carbocycles. The lowest BCUT2D eigenvalue weighted by Crippen LogP contribution is -2.31. The Hall–Kier alpha value is -2.43. The topological polar surface area (TPSA) is 46.8 Å². The van der Waals surface area contributed by atoms with Crippen LogP contribution in [0, 0.1) is 0 Å². The maximum absolute atomic E-state index is 4.61. The molecule has 0 unspecified atom stereocenters. The highest BCUT2D eigenvalue weighted by Crippen LogP contribution is 2.37. The van der Waals surface area contributed by atoms with Crippen LogP contribution in [0.15, 0.2) is 36.9 Å². The van der Waals surface area contributed by atoms with Gasteiger partial charge in [-0.25, -0.2) is 15.0 Å². The van der Waals surface area contributed by atoms with Gasteiger partial charge in [0.05, 0.1) is 6.33 Å². The van der Waals surface area contributed by atoms with E-state index in [0.717, 1.165) is 36.5 Å². The largest absolute Gasteiger partial charge is 0.350 e. The molecular formula is C17H17N5. The molecule has 0 bridgehead atoms. The fraction of sp³-hybridized carbons (Fsp3) is 0.353. The highest BCUT2D eigenvalue weighted by Gasteiger charge is 2.27. The molecule has 3 heterocycles. The molecule has 5 rings (SSSR count). The van der Waals surface area contributed by atoms with Crippen molar-refractivity contribution in [3.8, 4) is 0 Å². The fourth-order valence-electron chi connectivity index (χ4n) is 3.37. The summed E-state index contributed by atoms with van der Waals surface area (Å²) < 4.78 is 2.21. The first-order valence-electron chi connectivity index (χ1n) is 7.89. The Balaban J connectivity index is 1.57. The average molecular weight is 291 g/mol. The standard InChI is InChI=1S/C17H17N5/c1-2-4-13-9-21(8-7-12(13)3-1)16-15-17(19-10-18-16)22(11-20-15)14-5-6-14/h1-4,10-11,14H,5-9H2. The lowest BCUT2D eigenvalue weighted by atomic mass is 10.00. The lowest BCUT2D eigenvalue weighted by Gasteiger charge is -2.29. The van der Waals surface area contributed by atoms with Gasteiger partial charge >= 0.3 is 0 Å². The van der Waals surface area contributed by atoms with Crippen molar-refractivity contribution in [3.63, 3.8) is 0 Å². The Morgan fingerprint density at radius 3 is 2.73 bits per heavy atom. The minimum Gasteiger partial charge on any atom is -0.350 e. The van der Waals surface area contributed by atoms with E-state index in [0.29, 0.717) is 6.04 Å². The molecule has 22 heavy (non-hydrogen) atoms. The van der Waals surface area contributed by atoms with Crippen molar-refractivity contribution in [3.05, 3.63) is 48.0 Å². The molecule has 1 fully saturated rings. The zero-order valence-corrected chi connectivity index (χ0v) is 12.3. The van der Waals surface area contributed by atoms with E-state index in [1.807, 2.05) is 6.33 Å². The normalized spacial score (nSPS) is 17.7. The smallest absolute Gasteiger partial charge is 0.165 e. The molecule has 5 heteroatoms. The van der Waals surface area contributed by atoms with E-state index >= 15 is 0 Å². The van der Waals surface area contributed by atoms with Crippen LogP contribution >= 0.6 is 0 Å². The summed E-state index contributed by atoms with van der Waals surface area (Å²) in [4.78, 5) is 15.9. The average Bonchev–Trinajstić information content (AvgIpc) is 3.33. The second kappa shape index (κ2) is 4.53. The maximum Gasteiger partial charge on any atom is 0.165 e. The van der Waals surface area contributed by atoms with E-state index in [-0.39, 0.29) is 0 Å². The number of benzene rings is 1. The van der Waals surface area contributed by atoms with E-state index in [2.05, 4.69) is 48.7 Å². The number of imidazole rings is 1. The van der Waals surface area contributed by atoms with Crippen molar-refractivity contribution in [1.29, 1.82) is 0 Å². The zero-order valence-electron chi connectivity index (χ0n) is 12.3. The van der Waals surface area contributed by atoms with E-state index < -0.39 is 0 Å². The molecule has 2 aromatic heterocycles. The predicted octanol–water partition coefficient (Wildman–Crippen LogP) is 2.72. The van der Waals surface area contributed by atoms with Crippen LogP contribution in [0.2, 0.25) is 0 Å². The summed E-state index contributed by atoms with van der Waals surface area (Å²) in [6.45, 7) is 1.89. The van der Waals surface area contributed by atoms with Crippen molar-refractivity contribution in [1.82, 2.24) is 19.5 Å². The van der Waals surface area contributed by atoms with Crippen molar-refractivity contribution in [2.24, 2.45) is 0 Å². The minimum absolute atomic E-state index is 0.592. The van der Waals surface area contributed by atoms with Crippen molar-refractivity contribution in [2.45, 2.75) is 31.8 Å². The molecule has 1 aliphatic carbocycles. The van der Waals surface area contributed by atoms with Gasteiger partial charge in [0.15, 0.2) is 17.0 Å². The van der Waals surface area contributed by atoms with Gasteiger partial charge in [-0.2, -0.15) is 0 Å². The van der Waals surface area contributed by atoms with Crippen molar-refractivity contribution in [2.75, 3.05) is 11.4 Å². The van der Waals surface area contributed by atoms with Crippen LogP contribution in [-0.4, -0.2) is 26.1 Å². The fourth-order valence-corrected chi connectivity index (χ4v) is 3.37. The molecule has 0 spiro atoms. The first-order valence-corrected chi connectivity index (χ1v) is 7.89.